The molecule has 3 aromatic rings. The number of carbonyl (C=O) groups is 1. The van der Waals surface area contributed by atoms with E-state index in [9.17, 15) is 9.18 Å². The zero-order valence-electron chi connectivity index (χ0n) is 13.4. The molecule has 1 saturated heterocycles. The van der Waals surface area contributed by atoms with Crippen LogP contribution in [0.5, 0.6) is 0 Å². The highest BCUT2D eigenvalue weighted by atomic mass is 19.1. The van der Waals surface area contributed by atoms with Crippen molar-refractivity contribution in [2.24, 2.45) is 7.05 Å². The van der Waals surface area contributed by atoms with Gasteiger partial charge in [0.15, 0.2) is 6.29 Å². The Hall–Kier alpha value is -2.47. The summed E-state index contributed by atoms with van der Waals surface area (Å²) >= 11 is 0. The lowest BCUT2D eigenvalue weighted by Crippen LogP contribution is -2.19. The summed E-state index contributed by atoms with van der Waals surface area (Å²) in [6.45, 7) is 1.43. The van der Waals surface area contributed by atoms with E-state index in [-0.39, 0.29) is 11.6 Å². The third-order valence-corrected chi connectivity index (χ3v) is 4.76. The summed E-state index contributed by atoms with van der Waals surface area (Å²) in [7, 11) is 1.86. The highest BCUT2D eigenvalue weighted by Crippen LogP contribution is 2.35. The van der Waals surface area contributed by atoms with Crippen LogP contribution < -0.4 is 0 Å². The van der Waals surface area contributed by atoms with Crippen molar-refractivity contribution >= 4 is 17.2 Å². The minimum atomic E-state index is -0.495. The Morgan fingerprint density at radius 2 is 2.12 bits per heavy atom. The zero-order chi connectivity index (χ0) is 16.7. The summed E-state index contributed by atoms with van der Waals surface area (Å²) in [4.78, 5) is 11.2. The van der Waals surface area contributed by atoms with Crippen LogP contribution in [0.4, 0.5) is 4.39 Å². The molecule has 6 heteroatoms. The number of benzene rings is 1. The monoisotopic (exact) mass is 327 g/mol. The zero-order valence-corrected chi connectivity index (χ0v) is 13.4. The van der Waals surface area contributed by atoms with Gasteiger partial charge in [-0.3, -0.25) is 9.48 Å². The number of hydrogen-bond donors (Lipinski definition) is 0. The maximum Gasteiger partial charge on any atom is 0.153 e. The lowest BCUT2D eigenvalue weighted by molar-refractivity contribution is 0.0707. The number of fused-ring (bicyclic) bond motifs is 1. The Morgan fingerprint density at radius 1 is 1.33 bits per heavy atom. The molecule has 2 aromatic heterocycles. The van der Waals surface area contributed by atoms with E-state index in [4.69, 9.17) is 4.74 Å². The van der Waals surface area contributed by atoms with Crippen LogP contribution in [0.15, 0.2) is 30.6 Å². The average molecular weight is 327 g/mol. The van der Waals surface area contributed by atoms with Crippen LogP contribution in [0, 0.1) is 5.82 Å². The summed E-state index contributed by atoms with van der Waals surface area (Å²) < 4.78 is 23.6. The van der Waals surface area contributed by atoms with Gasteiger partial charge >= 0.3 is 0 Å². The first-order valence-electron chi connectivity index (χ1n) is 8.04. The molecule has 24 heavy (non-hydrogen) atoms. The average Bonchev–Trinajstić information content (AvgIpc) is 3.18. The van der Waals surface area contributed by atoms with Crippen LogP contribution in [0.1, 0.15) is 29.2 Å². The fourth-order valence-electron chi connectivity index (χ4n) is 3.48. The van der Waals surface area contributed by atoms with E-state index < -0.39 is 5.82 Å². The van der Waals surface area contributed by atoms with Crippen molar-refractivity contribution in [3.05, 3.63) is 42.0 Å². The maximum atomic E-state index is 14.2. The van der Waals surface area contributed by atoms with E-state index in [1.165, 1.54) is 6.07 Å². The van der Waals surface area contributed by atoms with E-state index >= 15 is 0 Å². The molecule has 1 aliphatic heterocycles. The highest BCUT2D eigenvalue weighted by molar-refractivity contribution is 5.98. The molecule has 0 spiro atoms. The van der Waals surface area contributed by atoms with Gasteiger partial charge in [0.05, 0.1) is 11.3 Å². The van der Waals surface area contributed by atoms with Crippen LogP contribution in [-0.4, -0.2) is 33.8 Å². The van der Waals surface area contributed by atoms with Gasteiger partial charge < -0.3 is 9.30 Å². The van der Waals surface area contributed by atoms with Gasteiger partial charge in [-0.05, 0) is 31.0 Å². The largest absolute Gasteiger partial charge is 0.381 e. The van der Waals surface area contributed by atoms with Gasteiger partial charge in [-0.1, -0.05) is 0 Å². The lowest BCUT2D eigenvalue weighted by Gasteiger charge is -2.24. The predicted molar refractivity (Wildman–Crippen MR) is 88.6 cm³/mol. The minimum absolute atomic E-state index is 0.0884. The summed E-state index contributed by atoms with van der Waals surface area (Å²) in [6.07, 6.45) is 6.15. The minimum Gasteiger partial charge on any atom is -0.381 e. The fraction of sp³-hybridized carbons (Fsp3) is 0.333. The van der Waals surface area contributed by atoms with Crippen LogP contribution >= 0.6 is 0 Å². The molecule has 124 valence electrons. The quantitative estimate of drug-likeness (QED) is 0.693. The molecule has 4 rings (SSSR count). The van der Waals surface area contributed by atoms with Crippen molar-refractivity contribution in [1.82, 2.24) is 14.3 Å². The molecule has 3 heterocycles. The van der Waals surface area contributed by atoms with Crippen LogP contribution in [-0.2, 0) is 11.8 Å². The molecular formula is C18H18FN3O2. The lowest BCUT2D eigenvalue weighted by atomic mass is 10.1. The van der Waals surface area contributed by atoms with Crippen molar-refractivity contribution in [1.29, 1.82) is 0 Å². The van der Waals surface area contributed by atoms with Gasteiger partial charge in [-0.25, -0.2) is 4.39 Å². The Morgan fingerprint density at radius 3 is 2.79 bits per heavy atom. The SMILES string of the molecule is Cn1nccc1-c1cn(C2CCOCC2)c2cc(C=O)c(F)cc12. The topological polar surface area (TPSA) is 49.0 Å². The second-order valence-electron chi connectivity index (χ2n) is 6.14. The number of carbonyl (C=O) groups excluding carboxylic acids is 1. The fourth-order valence-corrected chi connectivity index (χ4v) is 3.48. The standard InChI is InChI=1S/C18H18FN3O2/c1-21-17(2-5-20-21)15-10-22(13-3-6-24-7-4-13)18-8-12(11-23)16(19)9-14(15)18/h2,5,8-11,13H,3-4,6-7H2,1H3. The van der Waals surface area contributed by atoms with Gasteiger partial charge in [0.1, 0.15) is 5.82 Å². The molecule has 0 unspecified atom stereocenters. The number of halogens is 1. The molecule has 0 aliphatic carbocycles. The number of rotatable bonds is 3. The molecule has 0 N–H and O–H groups in total. The summed E-state index contributed by atoms with van der Waals surface area (Å²) in [5.41, 5.74) is 2.81. The van der Waals surface area contributed by atoms with Gasteiger partial charge in [0.2, 0.25) is 0 Å². The number of aromatic nitrogens is 3. The molecule has 1 fully saturated rings. The smallest absolute Gasteiger partial charge is 0.153 e. The Bertz CT molecular complexity index is 907. The summed E-state index contributed by atoms with van der Waals surface area (Å²) in [6, 6.07) is 5.30. The second-order valence-corrected chi connectivity index (χ2v) is 6.14. The molecule has 0 saturated carbocycles. The van der Waals surface area contributed by atoms with Gasteiger partial charge in [-0.2, -0.15) is 5.10 Å². The maximum absolute atomic E-state index is 14.2. The molecule has 0 bridgehead atoms. The predicted octanol–water partition coefficient (Wildman–Crippen LogP) is 3.34. The molecule has 0 atom stereocenters. The highest BCUT2D eigenvalue weighted by Gasteiger charge is 2.22. The molecule has 0 radical (unpaired) electrons. The Balaban J connectivity index is 1.97. The molecule has 5 nitrogen and oxygen atoms in total. The van der Waals surface area contributed by atoms with Gasteiger partial charge in [0.25, 0.3) is 0 Å². The number of aldehydes is 1. The molecular weight excluding hydrogens is 309 g/mol. The third kappa shape index (κ3) is 2.34. The van der Waals surface area contributed by atoms with Crippen molar-refractivity contribution in [3.8, 4) is 11.3 Å². The summed E-state index contributed by atoms with van der Waals surface area (Å²) in [5.74, 6) is -0.495. The summed E-state index contributed by atoms with van der Waals surface area (Å²) in [5, 5.41) is 5.01. The normalized spacial score (nSPS) is 15.9. The Kier molecular flexibility index (Phi) is 3.69. The van der Waals surface area contributed by atoms with Crippen LogP contribution in [0.25, 0.3) is 22.2 Å². The molecule has 1 aromatic carbocycles. The Labute approximate surface area is 138 Å². The van der Waals surface area contributed by atoms with E-state index in [0.29, 0.717) is 19.5 Å². The van der Waals surface area contributed by atoms with Gasteiger partial charge in [-0.15, -0.1) is 0 Å². The van der Waals surface area contributed by atoms with Crippen LogP contribution in [0.3, 0.4) is 0 Å². The van der Waals surface area contributed by atoms with Crippen molar-refractivity contribution in [2.45, 2.75) is 18.9 Å². The van der Waals surface area contributed by atoms with Crippen molar-refractivity contribution < 1.29 is 13.9 Å². The van der Waals surface area contributed by atoms with E-state index in [1.807, 2.05) is 19.3 Å². The molecule has 1 aliphatic rings. The van der Waals surface area contributed by atoms with E-state index in [2.05, 4.69) is 9.67 Å². The number of aryl methyl sites for hydroxylation is 1. The van der Waals surface area contributed by atoms with Crippen LogP contribution in [0.2, 0.25) is 0 Å². The van der Waals surface area contributed by atoms with E-state index in [0.717, 1.165) is 35.0 Å². The van der Waals surface area contributed by atoms with Crippen molar-refractivity contribution in [3.63, 3.8) is 0 Å². The number of hydrogen-bond acceptors (Lipinski definition) is 3. The van der Waals surface area contributed by atoms with Crippen molar-refractivity contribution in [2.75, 3.05) is 13.2 Å². The third-order valence-electron chi connectivity index (χ3n) is 4.76. The second kappa shape index (κ2) is 5.87. The number of ether oxygens (including phenoxy) is 1. The molecule has 0 amide bonds. The first-order chi connectivity index (χ1) is 11.7. The van der Waals surface area contributed by atoms with Gasteiger partial charge in [0, 0.05) is 55.2 Å². The van der Waals surface area contributed by atoms with E-state index in [1.54, 1.807) is 16.9 Å². The first kappa shape index (κ1) is 15.1. The number of nitrogens with zero attached hydrogens (tertiary/aromatic N) is 3. The first-order valence-corrected chi connectivity index (χ1v) is 8.04.